The Morgan fingerprint density at radius 1 is 1.23 bits per heavy atom. The second-order valence-corrected chi connectivity index (χ2v) is 5.59. The summed E-state index contributed by atoms with van der Waals surface area (Å²) in [5.74, 6) is -0.517. The third-order valence-corrected chi connectivity index (χ3v) is 3.50. The van der Waals surface area contributed by atoms with Crippen LogP contribution in [0.4, 0.5) is 5.69 Å². The number of carbonyl (C=O) groups excluding carboxylic acids is 1. The van der Waals surface area contributed by atoms with E-state index in [2.05, 4.69) is 0 Å². The quantitative estimate of drug-likeness (QED) is 0.901. The van der Waals surface area contributed by atoms with Crippen LogP contribution in [0.25, 0.3) is 0 Å². The first-order chi connectivity index (χ1) is 10.4. The molecule has 0 radical (unpaired) electrons. The molecule has 1 amide bonds. The van der Waals surface area contributed by atoms with Crippen LogP contribution >= 0.6 is 0 Å². The molecule has 1 aliphatic rings. The maximum Gasteiger partial charge on any atom is 0.332 e. The fraction of sp³-hybridized carbons (Fsp3) is 0.500. The predicted molar refractivity (Wildman–Crippen MR) is 81.1 cm³/mol. The number of likely N-dealkylation sites (N-methyl/N-ethyl adjacent to an activating group) is 1. The van der Waals surface area contributed by atoms with Gasteiger partial charge < -0.3 is 19.5 Å². The molecule has 22 heavy (non-hydrogen) atoms. The SMILES string of the molecule is CC(C)Oc1ccc(N(C)C(=O)[C@@H]2CC[C@H](C(=O)O)O2)cc1. The van der Waals surface area contributed by atoms with Crippen molar-refractivity contribution in [2.75, 3.05) is 11.9 Å². The molecule has 1 N–H and O–H groups in total. The van der Waals surface area contributed by atoms with E-state index in [1.165, 1.54) is 4.90 Å². The summed E-state index contributed by atoms with van der Waals surface area (Å²) >= 11 is 0. The number of hydrogen-bond donors (Lipinski definition) is 1. The van der Waals surface area contributed by atoms with E-state index in [1.54, 1.807) is 31.3 Å². The molecule has 2 rings (SSSR count). The maximum atomic E-state index is 12.4. The fourth-order valence-corrected chi connectivity index (χ4v) is 2.36. The molecule has 1 saturated heterocycles. The van der Waals surface area contributed by atoms with Gasteiger partial charge in [0.05, 0.1) is 6.10 Å². The van der Waals surface area contributed by atoms with E-state index in [0.29, 0.717) is 18.5 Å². The molecule has 0 bridgehead atoms. The third kappa shape index (κ3) is 3.76. The zero-order valence-corrected chi connectivity index (χ0v) is 13.0. The van der Waals surface area contributed by atoms with E-state index in [-0.39, 0.29) is 12.0 Å². The maximum absolute atomic E-state index is 12.4. The van der Waals surface area contributed by atoms with Gasteiger partial charge in [0.2, 0.25) is 0 Å². The molecule has 1 aromatic rings. The Morgan fingerprint density at radius 3 is 2.32 bits per heavy atom. The van der Waals surface area contributed by atoms with E-state index in [0.717, 1.165) is 5.75 Å². The van der Waals surface area contributed by atoms with Crippen molar-refractivity contribution < 1.29 is 24.2 Å². The van der Waals surface area contributed by atoms with Crippen LogP contribution in [0, 0.1) is 0 Å². The van der Waals surface area contributed by atoms with Gasteiger partial charge in [-0.1, -0.05) is 0 Å². The van der Waals surface area contributed by atoms with Crippen LogP contribution < -0.4 is 9.64 Å². The van der Waals surface area contributed by atoms with Crippen LogP contribution in [0.15, 0.2) is 24.3 Å². The van der Waals surface area contributed by atoms with Gasteiger partial charge in [0.1, 0.15) is 11.9 Å². The molecule has 2 atom stereocenters. The van der Waals surface area contributed by atoms with Crippen LogP contribution in [0.2, 0.25) is 0 Å². The van der Waals surface area contributed by atoms with Gasteiger partial charge in [0, 0.05) is 12.7 Å². The summed E-state index contributed by atoms with van der Waals surface area (Å²) in [6.45, 7) is 3.89. The summed E-state index contributed by atoms with van der Waals surface area (Å²) in [5.41, 5.74) is 0.712. The van der Waals surface area contributed by atoms with Gasteiger partial charge in [-0.25, -0.2) is 4.79 Å². The summed E-state index contributed by atoms with van der Waals surface area (Å²) in [6, 6.07) is 7.18. The molecule has 6 heteroatoms. The molecule has 0 aliphatic carbocycles. The first-order valence-electron chi connectivity index (χ1n) is 7.31. The first kappa shape index (κ1) is 16.3. The number of rotatable bonds is 5. The molecule has 0 unspecified atom stereocenters. The number of carbonyl (C=O) groups is 2. The van der Waals surface area contributed by atoms with Gasteiger partial charge in [-0.05, 0) is 51.0 Å². The zero-order valence-electron chi connectivity index (χ0n) is 13.0. The average Bonchev–Trinajstić information content (AvgIpc) is 2.96. The highest BCUT2D eigenvalue weighted by Gasteiger charge is 2.36. The lowest BCUT2D eigenvalue weighted by molar-refractivity contribution is -0.151. The lowest BCUT2D eigenvalue weighted by Crippen LogP contribution is -2.37. The fourth-order valence-electron chi connectivity index (χ4n) is 2.36. The monoisotopic (exact) mass is 307 g/mol. The lowest BCUT2D eigenvalue weighted by Gasteiger charge is -2.21. The molecule has 1 aliphatic heterocycles. The van der Waals surface area contributed by atoms with Crippen molar-refractivity contribution in [2.24, 2.45) is 0 Å². The predicted octanol–water partition coefficient (Wildman–Crippen LogP) is 2.07. The molecular formula is C16H21NO5. The van der Waals surface area contributed by atoms with E-state index in [1.807, 2.05) is 13.8 Å². The Morgan fingerprint density at radius 2 is 1.82 bits per heavy atom. The van der Waals surface area contributed by atoms with E-state index < -0.39 is 18.2 Å². The Kier molecular flexibility index (Phi) is 5.03. The van der Waals surface area contributed by atoms with Crippen molar-refractivity contribution in [1.29, 1.82) is 0 Å². The van der Waals surface area contributed by atoms with Crippen molar-refractivity contribution in [3.05, 3.63) is 24.3 Å². The van der Waals surface area contributed by atoms with Crippen LogP contribution in [-0.4, -0.2) is 42.3 Å². The van der Waals surface area contributed by atoms with Crippen LogP contribution in [0.5, 0.6) is 5.75 Å². The van der Waals surface area contributed by atoms with E-state index in [4.69, 9.17) is 14.6 Å². The summed E-state index contributed by atoms with van der Waals surface area (Å²) in [6.07, 6.45) is -0.706. The van der Waals surface area contributed by atoms with Gasteiger partial charge >= 0.3 is 5.97 Å². The Bertz CT molecular complexity index is 540. The number of anilines is 1. The summed E-state index contributed by atoms with van der Waals surface area (Å²) in [5, 5.41) is 8.91. The van der Waals surface area contributed by atoms with Crippen molar-refractivity contribution in [3.8, 4) is 5.75 Å². The normalized spacial score (nSPS) is 20.9. The summed E-state index contributed by atoms with van der Waals surface area (Å²) < 4.78 is 10.8. The summed E-state index contributed by atoms with van der Waals surface area (Å²) in [4.78, 5) is 24.7. The standard InChI is InChI=1S/C16H21NO5/c1-10(2)21-12-6-4-11(5-7-12)17(3)15(18)13-8-9-14(22-13)16(19)20/h4-7,10,13-14H,8-9H2,1-3H3,(H,19,20)/t13-,14+/m0/s1. The number of benzene rings is 1. The minimum atomic E-state index is -1.02. The number of ether oxygens (including phenoxy) is 2. The minimum Gasteiger partial charge on any atom is -0.491 e. The first-order valence-corrected chi connectivity index (χ1v) is 7.31. The molecule has 0 spiro atoms. The van der Waals surface area contributed by atoms with Gasteiger partial charge in [-0.15, -0.1) is 0 Å². The third-order valence-electron chi connectivity index (χ3n) is 3.50. The highest BCUT2D eigenvalue weighted by Crippen LogP contribution is 2.25. The van der Waals surface area contributed by atoms with Gasteiger partial charge in [-0.2, -0.15) is 0 Å². The van der Waals surface area contributed by atoms with Crippen LogP contribution in [-0.2, 0) is 14.3 Å². The van der Waals surface area contributed by atoms with Gasteiger partial charge in [-0.3, -0.25) is 4.79 Å². The van der Waals surface area contributed by atoms with E-state index >= 15 is 0 Å². The number of nitrogens with zero attached hydrogens (tertiary/aromatic N) is 1. The smallest absolute Gasteiger partial charge is 0.332 e. The van der Waals surface area contributed by atoms with E-state index in [9.17, 15) is 9.59 Å². The molecule has 120 valence electrons. The number of hydrogen-bond acceptors (Lipinski definition) is 4. The molecular weight excluding hydrogens is 286 g/mol. The molecule has 1 fully saturated rings. The Hall–Kier alpha value is -2.08. The number of aliphatic carboxylic acids is 1. The highest BCUT2D eigenvalue weighted by atomic mass is 16.5. The highest BCUT2D eigenvalue weighted by molar-refractivity contribution is 5.96. The number of carboxylic acid groups (broad SMARTS) is 1. The van der Waals surface area contributed by atoms with Gasteiger partial charge in [0.25, 0.3) is 5.91 Å². The topological polar surface area (TPSA) is 76.1 Å². The Labute approximate surface area is 129 Å². The second kappa shape index (κ2) is 6.79. The Balaban J connectivity index is 2.00. The molecule has 6 nitrogen and oxygen atoms in total. The molecule has 0 saturated carbocycles. The van der Waals surface area contributed by atoms with Crippen molar-refractivity contribution >= 4 is 17.6 Å². The zero-order chi connectivity index (χ0) is 16.3. The molecule has 1 heterocycles. The second-order valence-electron chi connectivity index (χ2n) is 5.59. The minimum absolute atomic E-state index is 0.0880. The molecule has 1 aromatic carbocycles. The number of amides is 1. The summed E-state index contributed by atoms with van der Waals surface area (Å²) in [7, 11) is 1.65. The van der Waals surface area contributed by atoms with Gasteiger partial charge in [0.15, 0.2) is 6.10 Å². The largest absolute Gasteiger partial charge is 0.491 e. The number of carboxylic acids is 1. The lowest BCUT2D eigenvalue weighted by atomic mass is 10.1. The molecule has 0 aromatic heterocycles. The van der Waals surface area contributed by atoms with Crippen molar-refractivity contribution in [3.63, 3.8) is 0 Å². The van der Waals surface area contributed by atoms with Crippen LogP contribution in [0.3, 0.4) is 0 Å². The average molecular weight is 307 g/mol. The van der Waals surface area contributed by atoms with Crippen molar-refractivity contribution in [1.82, 2.24) is 0 Å². The van der Waals surface area contributed by atoms with Crippen LogP contribution in [0.1, 0.15) is 26.7 Å². The van der Waals surface area contributed by atoms with Crippen molar-refractivity contribution in [2.45, 2.75) is 45.0 Å².